The van der Waals surface area contributed by atoms with Crippen molar-refractivity contribution >= 4 is 11.4 Å². The first-order valence-corrected chi connectivity index (χ1v) is 7.40. The number of para-hydroxylation sites is 2. The van der Waals surface area contributed by atoms with Crippen LogP contribution >= 0.6 is 0 Å². The van der Waals surface area contributed by atoms with E-state index < -0.39 is 0 Å². The minimum Gasteiger partial charge on any atom is -0.340 e. The molecule has 1 aliphatic rings. The summed E-state index contributed by atoms with van der Waals surface area (Å²) in [6.45, 7) is 1.01. The van der Waals surface area contributed by atoms with Gasteiger partial charge in [0.05, 0.1) is 0 Å². The van der Waals surface area contributed by atoms with E-state index in [-0.39, 0.29) is 0 Å². The molecular formula is C20H17N. The summed E-state index contributed by atoms with van der Waals surface area (Å²) in [5.74, 6) is 0.447. The van der Waals surface area contributed by atoms with E-state index in [0.717, 1.165) is 6.54 Å². The molecule has 1 atom stereocenters. The van der Waals surface area contributed by atoms with Crippen LogP contribution in [0.1, 0.15) is 17.0 Å². The maximum atomic E-state index is 2.42. The highest BCUT2D eigenvalue weighted by molar-refractivity contribution is 5.72. The molecule has 0 aliphatic carbocycles. The first-order valence-electron chi connectivity index (χ1n) is 7.40. The summed E-state index contributed by atoms with van der Waals surface area (Å²) in [4.78, 5) is 2.42. The molecule has 1 unspecified atom stereocenters. The Kier molecular flexibility index (Phi) is 2.97. The Bertz CT molecular complexity index is 670. The topological polar surface area (TPSA) is 3.24 Å². The first kappa shape index (κ1) is 12.2. The van der Waals surface area contributed by atoms with Crippen LogP contribution < -0.4 is 4.90 Å². The molecule has 0 fully saturated rings. The fourth-order valence-corrected chi connectivity index (χ4v) is 3.23. The predicted molar refractivity (Wildman–Crippen MR) is 88.2 cm³/mol. The molecule has 1 aliphatic heterocycles. The average Bonchev–Trinajstić information content (AvgIpc) is 2.96. The second kappa shape index (κ2) is 5.10. The number of anilines is 2. The quantitative estimate of drug-likeness (QED) is 0.636. The fourth-order valence-electron chi connectivity index (χ4n) is 3.23. The first-order chi connectivity index (χ1) is 10.4. The lowest BCUT2D eigenvalue weighted by Gasteiger charge is -2.20. The van der Waals surface area contributed by atoms with Gasteiger partial charge >= 0.3 is 0 Å². The standard InChI is InChI=1S/C20H17N/c1-3-9-16(10-4-1)19-15-21(17-11-5-2-6-12-17)20-14-8-7-13-18(19)20/h1-14,19H,15H2. The molecular weight excluding hydrogens is 254 g/mol. The molecule has 1 heterocycles. The number of hydrogen-bond acceptors (Lipinski definition) is 1. The molecule has 0 saturated heterocycles. The second-order valence-electron chi connectivity index (χ2n) is 5.47. The van der Waals surface area contributed by atoms with Crippen molar-refractivity contribution in [3.63, 3.8) is 0 Å². The maximum Gasteiger partial charge on any atom is 0.0450 e. The smallest absolute Gasteiger partial charge is 0.0450 e. The van der Waals surface area contributed by atoms with Crippen molar-refractivity contribution in [3.8, 4) is 0 Å². The van der Waals surface area contributed by atoms with Gasteiger partial charge in [-0.2, -0.15) is 0 Å². The van der Waals surface area contributed by atoms with Gasteiger partial charge in [-0.15, -0.1) is 0 Å². The second-order valence-corrected chi connectivity index (χ2v) is 5.47. The Balaban J connectivity index is 1.81. The lowest BCUT2D eigenvalue weighted by Crippen LogP contribution is -2.15. The fraction of sp³-hybridized carbons (Fsp3) is 0.100. The van der Waals surface area contributed by atoms with E-state index in [9.17, 15) is 0 Å². The van der Waals surface area contributed by atoms with E-state index in [1.165, 1.54) is 22.5 Å². The summed E-state index contributed by atoms with van der Waals surface area (Å²) in [6, 6.07) is 30.2. The highest BCUT2D eigenvalue weighted by Gasteiger charge is 2.29. The molecule has 0 amide bonds. The molecule has 3 aromatic carbocycles. The van der Waals surface area contributed by atoms with Crippen LogP contribution in [0.4, 0.5) is 11.4 Å². The van der Waals surface area contributed by atoms with Gasteiger partial charge in [-0.05, 0) is 29.3 Å². The highest BCUT2D eigenvalue weighted by atomic mass is 15.2. The van der Waals surface area contributed by atoms with E-state index in [1.54, 1.807) is 0 Å². The summed E-state index contributed by atoms with van der Waals surface area (Å²) in [7, 11) is 0. The molecule has 0 N–H and O–H groups in total. The Hall–Kier alpha value is -2.54. The summed E-state index contributed by atoms with van der Waals surface area (Å²) in [5.41, 5.74) is 5.41. The molecule has 4 rings (SSSR count). The lowest BCUT2D eigenvalue weighted by atomic mass is 9.93. The third kappa shape index (κ3) is 2.11. The maximum absolute atomic E-state index is 2.42. The Labute approximate surface area is 125 Å². The van der Waals surface area contributed by atoms with Gasteiger partial charge in [-0.3, -0.25) is 0 Å². The van der Waals surface area contributed by atoms with Gasteiger partial charge in [0.15, 0.2) is 0 Å². The van der Waals surface area contributed by atoms with Crippen molar-refractivity contribution in [3.05, 3.63) is 96.1 Å². The molecule has 0 spiro atoms. The Morgan fingerprint density at radius 1 is 0.667 bits per heavy atom. The number of rotatable bonds is 2. The number of hydrogen-bond donors (Lipinski definition) is 0. The van der Waals surface area contributed by atoms with Gasteiger partial charge in [-0.1, -0.05) is 66.7 Å². The molecule has 0 aromatic heterocycles. The molecule has 0 bridgehead atoms. The summed E-state index contributed by atoms with van der Waals surface area (Å²) < 4.78 is 0. The molecule has 0 radical (unpaired) electrons. The summed E-state index contributed by atoms with van der Waals surface area (Å²) in [6.07, 6.45) is 0. The van der Waals surface area contributed by atoms with Crippen LogP contribution in [0.15, 0.2) is 84.9 Å². The predicted octanol–water partition coefficient (Wildman–Crippen LogP) is 4.97. The van der Waals surface area contributed by atoms with Gasteiger partial charge in [0, 0.05) is 23.8 Å². The normalized spacial score (nSPS) is 16.8. The number of fused-ring (bicyclic) bond motifs is 1. The van der Waals surface area contributed by atoms with Crippen LogP contribution in [-0.4, -0.2) is 6.54 Å². The molecule has 3 aromatic rings. The number of nitrogens with zero attached hydrogens (tertiary/aromatic N) is 1. The average molecular weight is 271 g/mol. The van der Waals surface area contributed by atoms with Crippen LogP contribution in [0.2, 0.25) is 0 Å². The van der Waals surface area contributed by atoms with Crippen molar-refractivity contribution in [2.45, 2.75) is 5.92 Å². The van der Waals surface area contributed by atoms with Gasteiger partial charge < -0.3 is 4.90 Å². The minimum atomic E-state index is 0.447. The van der Waals surface area contributed by atoms with Crippen molar-refractivity contribution in [2.24, 2.45) is 0 Å². The molecule has 0 saturated carbocycles. The van der Waals surface area contributed by atoms with Gasteiger partial charge in [0.1, 0.15) is 0 Å². The monoisotopic (exact) mass is 271 g/mol. The zero-order valence-electron chi connectivity index (χ0n) is 11.8. The Morgan fingerprint density at radius 3 is 2.05 bits per heavy atom. The van der Waals surface area contributed by atoms with Crippen molar-refractivity contribution in [1.82, 2.24) is 0 Å². The summed E-state index contributed by atoms with van der Waals surface area (Å²) in [5, 5.41) is 0. The van der Waals surface area contributed by atoms with Crippen LogP contribution in [0.5, 0.6) is 0 Å². The third-order valence-corrected chi connectivity index (χ3v) is 4.24. The Morgan fingerprint density at radius 2 is 1.29 bits per heavy atom. The van der Waals surface area contributed by atoms with Crippen LogP contribution in [-0.2, 0) is 0 Å². The van der Waals surface area contributed by atoms with Crippen LogP contribution in [0, 0.1) is 0 Å². The van der Waals surface area contributed by atoms with E-state index >= 15 is 0 Å². The lowest BCUT2D eigenvalue weighted by molar-refractivity contribution is 0.858. The molecule has 102 valence electrons. The van der Waals surface area contributed by atoms with Crippen LogP contribution in [0.25, 0.3) is 0 Å². The van der Waals surface area contributed by atoms with E-state index in [4.69, 9.17) is 0 Å². The van der Waals surface area contributed by atoms with Crippen LogP contribution in [0.3, 0.4) is 0 Å². The molecule has 1 heteroatoms. The van der Waals surface area contributed by atoms with Crippen molar-refractivity contribution in [2.75, 3.05) is 11.4 Å². The zero-order chi connectivity index (χ0) is 14.1. The van der Waals surface area contributed by atoms with E-state index in [1.807, 2.05) is 0 Å². The third-order valence-electron chi connectivity index (χ3n) is 4.24. The zero-order valence-corrected chi connectivity index (χ0v) is 11.8. The van der Waals surface area contributed by atoms with E-state index in [0.29, 0.717) is 5.92 Å². The number of benzene rings is 3. The largest absolute Gasteiger partial charge is 0.340 e. The molecule has 1 nitrogen and oxygen atoms in total. The van der Waals surface area contributed by atoms with Gasteiger partial charge in [-0.25, -0.2) is 0 Å². The highest BCUT2D eigenvalue weighted by Crippen LogP contribution is 2.43. The minimum absolute atomic E-state index is 0.447. The van der Waals surface area contributed by atoms with E-state index in [2.05, 4.69) is 89.8 Å². The van der Waals surface area contributed by atoms with Crippen molar-refractivity contribution < 1.29 is 0 Å². The van der Waals surface area contributed by atoms with Gasteiger partial charge in [0.25, 0.3) is 0 Å². The summed E-state index contributed by atoms with van der Waals surface area (Å²) >= 11 is 0. The SMILES string of the molecule is c1ccc(C2CN(c3ccccc3)c3ccccc32)cc1. The van der Waals surface area contributed by atoms with Gasteiger partial charge in [0.2, 0.25) is 0 Å². The van der Waals surface area contributed by atoms with Crippen molar-refractivity contribution in [1.29, 1.82) is 0 Å². The molecule has 21 heavy (non-hydrogen) atoms.